The Hall–Kier alpha value is -16.9. The van der Waals surface area contributed by atoms with Gasteiger partial charge < -0.3 is 19.6 Å². The number of nitriles is 2. The molecule has 0 aromatic heterocycles. The molecule has 0 fully saturated rings. The summed E-state index contributed by atoms with van der Waals surface area (Å²) < 4.78 is 130. The quantitative estimate of drug-likeness (QED) is 0.0545. The second kappa shape index (κ2) is 34.0. The van der Waals surface area contributed by atoms with E-state index in [2.05, 4.69) is 21.8 Å². The Morgan fingerprint density at radius 2 is 0.500 bits per heavy atom. The summed E-state index contributed by atoms with van der Waals surface area (Å²) in [5.74, 6) is -5.96. The lowest BCUT2D eigenvalue weighted by Crippen LogP contribution is -2.15. The topological polar surface area (TPSA) is 69.3 Å². The molecule has 0 aliphatic carbocycles. The van der Waals surface area contributed by atoms with Gasteiger partial charge in [-0.15, -0.1) is 0 Å². The Bertz CT molecular complexity index is 7760. The van der Waals surface area contributed by atoms with Crippen LogP contribution in [0.5, 0.6) is 0 Å². The van der Waals surface area contributed by atoms with Crippen LogP contribution in [0.2, 0.25) is 0 Å². The first-order valence-corrected chi connectivity index (χ1v) is 42.7. The number of hydrogen-bond acceptors (Lipinski definition) is 6. The summed E-state index contributed by atoms with van der Waals surface area (Å²) in [4.78, 5) is 14.4. The highest BCUT2D eigenvalue weighted by Crippen LogP contribution is 2.56. The second-order valence-electron chi connectivity index (χ2n) is 33.4. The van der Waals surface area contributed by atoms with Crippen molar-refractivity contribution in [1.29, 1.82) is 10.5 Å². The number of rotatable bonds is 16. The first-order chi connectivity index (χ1) is 63.9. The number of hydrogen-bond donors (Lipinski definition) is 0. The molecule has 0 atom stereocenters. The van der Waals surface area contributed by atoms with E-state index in [0.717, 1.165) is 133 Å². The maximum Gasteiger partial charge on any atom is 0.187 e. The molecule has 0 heterocycles. The van der Waals surface area contributed by atoms with Gasteiger partial charge in [-0.3, -0.25) is 0 Å². The molecule has 20 aromatic carbocycles. The SMILES string of the molecule is [C-]#[N+]c1ccc(N(c2c(F)cc(F)cc2-c2c(C)cccc2C)c2ccc3ccc4c(N(c5ccc(C#N)cc5)c5c(F)cc(F)cc5-c5c(C)cccc5C)ccc5ccc2c3c54)cc1.[C-]#[N+]c1ccc(N(c2c(F)cc(F)cc2-c2cc(C)ccc2C)c2ccc3ccc4c(N(c5ccc(C#N)cc5)c5c(F)cc(F)cc5-c5cc(C)ccc5C)ccc5ccc2c3c54)cc1. The molecule has 16 heteroatoms. The molecule has 0 saturated heterocycles. The van der Waals surface area contributed by atoms with Crippen molar-refractivity contribution in [2.75, 3.05) is 19.6 Å². The van der Waals surface area contributed by atoms with Crippen LogP contribution in [-0.2, 0) is 0 Å². The van der Waals surface area contributed by atoms with E-state index in [1.54, 1.807) is 117 Å². The van der Waals surface area contributed by atoms with E-state index in [9.17, 15) is 10.5 Å². The fourth-order valence-electron chi connectivity index (χ4n) is 19.1. The third-order valence-electron chi connectivity index (χ3n) is 25.1. The van der Waals surface area contributed by atoms with E-state index in [1.165, 1.54) is 24.3 Å². The molecule has 0 saturated carbocycles. The molecule has 636 valence electrons. The van der Waals surface area contributed by atoms with E-state index in [4.69, 9.17) is 13.1 Å². The number of nitrogens with zero attached hydrogens (tertiary/aromatic N) is 8. The Morgan fingerprint density at radius 3 is 0.765 bits per heavy atom. The highest BCUT2D eigenvalue weighted by molar-refractivity contribution is 6.30. The van der Waals surface area contributed by atoms with Gasteiger partial charge in [-0.2, -0.15) is 10.5 Å². The van der Waals surface area contributed by atoms with Crippen molar-refractivity contribution >= 4 is 144 Å². The summed E-state index contributed by atoms with van der Waals surface area (Å²) >= 11 is 0. The Morgan fingerprint density at radius 1 is 0.250 bits per heavy atom. The molecule has 0 N–H and O–H groups in total. The van der Waals surface area contributed by atoms with Gasteiger partial charge in [0.15, 0.2) is 34.6 Å². The molecular formula is C116H76F8N8. The monoisotopic (exact) mass is 1730 g/mol. The van der Waals surface area contributed by atoms with Gasteiger partial charge in [0.2, 0.25) is 0 Å². The standard InChI is InChI=1S/2C58H38F4N4/c1-33-6-8-35(3)47(26-33)49-28-40(59)30-51(61)57(49)65(43-18-10-37(32-63)11-19-43)53-24-14-38-13-23-46-54(25-15-39-12-22-45(53)55(38)56(39)46)66(44-20-16-42(64-5)17-21-44)58-50(29-41(60)31-52(58)62)48-27-34(2)7-9-36(48)4;1-33-8-6-9-34(2)53(33)47-28-40(59)30-49(61)57(47)65(43-20-12-37(32-63)13-21-43)51-26-16-38-15-25-46-52(27-17-39-14-24-45(51)55(38)56(39)46)66(44-22-18-42(64-5)19-23-44)58-48(29-41(60)31-50(58)62)54-35(3)10-7-11-36(54)4/h2*6-31H,1-4H3. The fourth-order valence-corrected chi connectivity index (χ4v) is 19.1. The minimum Gasteiger partial charge on any atom is -0.307 e. The van der Waals surface area contributed by atoms with Crippen LogP contribution in [0, 0.1) is 138 Å². The fraction of sp³-hybridized carbons (Fsp3) is 0.0690. The molecule has 132 heavy (non-hydrogen) atoms. The van der Waals surface area contributed by atoms with Gasteiger partial charge in [0.05, 0.1) is 81.9 Å². The minimum absolute atomic E-state index is 0.130. The van der Waals surface area contributed by atoms with Crippen LogP contribution in [0.15, 0.2) is 315 Å². The molecule has 0 unspecified atom stereocenters. The zero-order valence-corrected chi connectivity index (χ0v) is 72.6. The van der Waals surface area contributed by atoms with E-state index >= 15 is 35.1 Å². The van der Waals surface area contributed by atoms with Crippen molar-refractivity contribution in [3.63, 3.8) is 0 Å². The number of benzene rings is 20. The maximum atomic E-state index is 17.0. The van der Waals surface area contributed by atoms with Crippen LogP contribution in [0.25, 0.3) is 119 Å². The maximum absolute atomic E-state index is 17.0. The van der Waals surface area contributed by atoms with Crippen molar-refractivity contribution in [1.82, 2.24) is 0 Å². The molecule has 20 rings (SSSR count). The molecule has 0 bridgehead atoms. The predicted octanol–water partition coefficient (Wildman–Crippen LogP) is 34.1. The van der Waals surface area contributed by atoms with E-state index in [-0.39, 0.29) is 22.7 Å². The number of aryl methyl sites for hydroxylation is 8. The third-order valence-corrected chi connectivity index (χ3v) is 25.1. The normalized spacial score (nSPS) is 11.3. The van der Waals surface area contributed by atoms with Gasteiger partial charge in [-0.05, 0) is 275 Å². The zero-order valence-electron chi connectivity index (χ0n) is 72.6. The highest BCUT2D eigenvalue weighted by atomic mass is 19.2. The Balaban J connectivity index is 0.000000170. The predicted molar refractivity (Wildman–Crippen MR) is 520 cm³/mol. The zero-order chi connectivity index (χ0) is 91.9. The van der Waals surface area contributed by atoms with Crippen molar-refractivity contribution in [2.45, 2.75) is 55.4 Å². The summed E-state index contributed by atoms with van der Waals surface area (Å²) in [5, 5.41) is 29.4. The van der Waals surface area contributed by atoms with E-state index in [0.29, 0.717) is 113 Å². The minimum atomic E-state index is -0.774. The smallest absolute Gasteiger partial charge is 0.187 e. The van der Waals surface area contributed by atoms with Gasteiger partial charge in [0, 0.05) is 90.8 Å². The summed E-state index contributed by atoms with van der Waals surface area (Å²) in [7, 11) is 0. The van der Waals surface area contributed by atoms with Gasteiger partial charge >= 0.3 is 0 Å². The van der Waals surface area contributed by atoms with Crippen LogP contribution < -0.4 is 19.6 Å². The van der Waals surface area contributed by atoms with Crippen molar-refractivity contribution in [3.05, 3.63) is 440 Å². The molecule has 0 amide bonds. The molecule has 0 spiro atoms. The first kappa shape index (κ1) is 84.6. The van der Waals surface area contributed by atoms with Crippen LogP contribution in [0.4, 0.5) is 115 Å². The molecule has 20 aromatic rings. The average Bonchev–Trinajstić information content (AvgIpc) is 0.716. The van der Waals surface area contributed by atoms with Gasteiger partial charge in [0.1, 0.15) is 23.3 Å². The average molecular weight is 1730 g/mol. The van der Waals surface area contributed by atoms with Crippen molar-refractivity contribution < 1.29 is 35.1 Å². The lowest BCUT2D eigenvalue weighted by molar-refractivity contribution is 0.584. The van der Waals surface area contributed by atoms with Crippen LogP contribution in [0.3, 0.4) is 0 Å². The lowest BCUT2D eigenvalue weighted by Gasteiger charge is -2.32. The molecule has 0 radical (unpaired) electrons. The second-order valence-corrected chi connectivity index (χ2v) is 33.4. The van der Waals surface area contributed by atoms with E-state index in [1.807, 2.05) is 225 Å². The molecular weight excluding hydrogens is 1660 g/mol. The summed E-state index contributed by atoms with van der Waals surface area (Å²) in [6.07, 6.45) is 0. The highest BCUT2D eigenvalue weighted by Gasteiger charge is 2.34. The Labute approximate surface area is 757 Å². The molecule has 0 aliphatic heterocycles. The lowest BCUT2D eigenvalue weighted by atomic mass is 9.90. The Kier molecular flexibility index (Phi) is 21.8. The summed E-state index contributed by atoms with van der Waals surface area (Å²) in [6, 6.07) is 95.5. The largest absolute Gasteiger partial charge is 0.307 e. The van der Waals surface area contributed by atoms with Crippen LogP contribution >= 0.6 is 0 Å². The first-order valence-electron chi connectivity index (χ1n) is 42.7. The van der Waals surface area contributed by atoms with Crippen LogP contribution in [0.1, 0.15) is 55.6 Å². The third kappa shape index (κ3) is 14.9. The summed E-state index contributed by atoms with van der Waals surface area (Å²) in [5.41, 5.74) is 17.8. The van der Waals surface area contributed by atoms with Crippen molar-refractivity contribution in [2.24, 2.45) is 0 Å². The molecule has 8 nitrogen and oxygen atoms in total. The number of halogens is 8. The van der Waals surface area contributed by atoms with Crippen molar-refractivity contribution in [3.8, 4) is 56.6 Å². The number of anilines is 12. The van der Waals surface area contributed by atoms with Gasteiger partial charge in [-0.1, -0.05) is 181 Å². The van der Waals surface area contributed by atoms with Gasteiger partial charge in [-0.25, -0.2) is 44.8 Å². The molecule has 0 aliphatic rings. The van der Waals surface area contributed by atoms with Gasteiger partial charge in [0.25, 0.3) is 0 Å². The van der Waals surface area contributed by atoms with E-state index < -0.39 is 46.5 Å². The van der Waals surface area contributed by atoms with Crippen LogP contribution in [-0.4, -0.2) is 0 Å². The summed E-state index contributed by atoms with van der Waals surface area (Å²) in [6.45, 7) is 30.7.